The maximum absolute atomic E-state index is 13.9. The van der Waals surface area contributed by atoms with Gasteiger partial charge < -0.3 is 4.42 Å². The third-order valence-corrected chi connectivity index (χ3v) is 8.05. The molecule has 3 aromatic rings. The van der Waals surface area contributed by atoms with E-state index < -0.39 is 21.4 Å². The molecule has 0 aliphatic carbocycles. The summed E-state index contributed by atoms with van der Waals surface area (Å²) in [5, 5.41) is 1.25. The van der Waals surface area contributed by atoms with Crippen LogP contribution in [0.15, 0.2) is 65.0 Å². The Labute approximate surface area is 192 Å². The highest BCUT2D eigenvalue weighted by molar-refractivity contribution is 7.96. The van der Waals surface area contributed by atoms with Crippen LogP contribution in [0, 0.1) is 12.7 Å². The van der Waals surface area contributed by atoms with Gasteiger partial charge >= 0.3 is 0 Å². The lowest BCUT2D eigenvalue weighted by Gasteiger charge is -2.47. The molecule has 9 heteroatoms. The molecule has 2 aliphatic heterocycles. The second kappa shape index (κ2) is 8.07. The van der Waals surface area contributed by atoms with E-state index >= 15 is 0 Å². The van der Waals surface area contributed by atoms with E-state index in [1.54, 1.807) is 24.5 Å². The van der Waals surface area contributed by atoms with Gasteiger partial charge in [-0.1, -0.05) is 6.07 Å². The number of benzene rings is 1. The first-order chi connectivity index (χ1) is 15.8. The first-order valence-electron chi connectivity index (χ1n) is 10.9. The van der Waals surface area contributed by atoms with Gasteiger partial charge in [0.25, 0.3) is 10.0 Å². The number of oxazole rings is 1. The van der Waals surface area contributed by atoms with Gasteiger partial charge in [-0.05, 0) is 62.6 Å². The molecule has 1 aromatic carbocycles. The molecule has 1 saturated heterocycles. The Kier molecular flexibility index (Phi) is 5.33. The van der Waals surface area contributed by atoms with Crippen molar-refractivity contribution in [1.82, 2.24) is 14.9 Å². The Balaban J connectivity index is 1.39. The summed E-state index contributed by atoms with van der Waals surface area (Å²) in [5.41, 5.74) is 2.38. The molecule has 0 amide bonds. The zero-order valence-corrected chi connectivity index (χ0v) is 19.3. The molecule has 0 N–H and O–H groups in total. The first-order valence-corrected chi connectivity index (χ1v) is 12.4. The van der Waals surface area contributed by atoms with Gasteiger partial charge in [0, 0.05) is 42.5 Å². The largest absolute Gasteiger partial charge is 0.443 e. The molecular formula is C24H25FN4O3S. The van der Waals surface area contributed by atoms with Crippen molar-refractivity contribution < 1.29 is 17.2 Å². The Morgan fingerprint density at radius 3 is 2.88 bits per heavy atom. The number of hydrogen-bond acceptors (Lipinski definition) is 6. The van der Waals surface area contributed by atoms with Crippen molar-refractivity contribution in [3.8, 4) is 11.3 Å². The van der Waals surface area contributed by atoms with Crippen molar-refractivity contribution in [3.63, 3.8) is 0 Å². The topological polar surface area (TPSA) is 79.5 Å². The highest BCUT2D eigenvalue weighted by Gasteiger charge is 2.49. The van der Waals surface area contributed by atoms with Crippen LogP contribution in [0.5, 0.6) is 0 Å². The van der Waals surface area contributed by atoms with Crippen molar-refractivity contribution in [2.45, 2.75) is 44.8 Å². The van der Waals surface area contributed by atoms with Gasteiger partial charge in [-0.2, -0.15) is 0 Å². The van der Waals surface area contributed by atoms with Crippen molar-refractivity contribution in [3.05, 3.63) is 77.7 Å². The minimum atomic E-state index is -3.67. The molecule has 2 aromatic heterocycles. The third kappa shape index (κ3) is 3.95. The molecule has 7 nitrogen and oxygen atoms in total. The minimum Gasteiger partial charge on any atom is -0.443 e. The molecular weight excluding hydrogens is 443 g/mol. The van der Waals surface area contributed by atoms with Crippen LogP contribution in [0.4, 0.5) is 10.1 Å². The third-order valence-electron chi connectivity index (χ3n) is 6.49. The molecule has 2 atom stereocenters. The number of rotatable bonds is 4. The quantitative estimate of drug-likeness (QED) is 0.569. The highest BCUT2D eigenvalue weighted by atomic mass is 32.2. The number of likely N-dealkylation sites (tertiary alicyclic amines) is 1. The van der Waals surface area contributed by atoms with Crippen molar-refractivity contribution in [2.75, 3.05) is 10.8 Å². The molecule has 0 bridgehead atoms. The van der Waals surface area contributed by atoms with E-state index in [0.717, 1.165) is 16.8 Å². The van der Waals surface area contributed by atoms with Gasteiger partial charge in [0.15, 0.2) is 12.2 Å². The number of piperidine rings is 1. The molecule has 4 heterocycles. The molecule has 1 fully saturated rings. The molecule has 5 rings (SSSR count). The van der Waals surface area contributed by atoms with Crippen LogP contribution in [0.25, 0.3) is 11.3 Å². The number of nitrogens with zero attached hydrogens (tertiary/aromatic N) is 4. The van der Waals surface area contributed by atoms with Crippen molar-refractivity contribution >= 4 is 15.7 Å². The van der Waals surface area contributed by atoms with E-state index in [4.69, 9.17) is 4.42 Å². The van der Waals surface area contributed by atoms with Crippen LogP contribution < -0.4 is 4.31 Å². The number of pyridine rings is 1. The Bertz CT molecular complexity index is 1320. The van der Waals surface area contributed by atoms with Gasteiger partial charge in [-0.15, -0.1) is 0 Å². The lowest BCUT2D eigenvalue weighted by Crippen LogP contribution is -2.56. The number of anilines is 1. The van der Waals surface area contributed by atoms with E-state index in [1.807, 2.05) is 13.0 Å². The number of sulfonamides is 1. The second-order valence-corrected chi connectivity index (χ2v) is 10.5. The van der Waals surface area contributed by atoms with Gasteiger partial charge in [-0.25, -0.2) is 17.8 Å². The van der Waals surface area contributed by atoms with E-state index in [2.05, 4.69) is 21.8 Å². The van der Waals surface area contributed by atoms with Crippen LogP contribution in [-0.4, -0.2) is 41.4 Å². The number of aryl methyl sites for hydroxylation is 1. The van der Waals surface area contributed by atoms with Crippen LogP contribution in [0.3, 0.4) is 0 Å². The maximum atomic E-state index is 13.9. The summed E-state index contributed by atoms with van der Waals surface area (Å²) in [4.78, 5) is 11.0. The average Bonchev–Trinajstić information content (AvgIpc) is 3.32. The van der Waals surface area contributed by atoms with Gasteiger partial charge in [-0.3, -0.25) is 14.2 Å². The van der Waals surface area contributed by atoms with Gasteiger partial charge in [0.1, 0.15) is 11.5 Å². The molecule has 0 unspecified atom stereocenters. The summed E-state index contributed by atoms with van der Waals surface area (Å²) >= 11 is 0. The SMILES string of the molecule is Cc1cncc(-c2ocnc2CN2CC[C@]3(C=CS(=O)(=O)N3c3cccc(F)c3)C[C@@H]2C)c1. The predicted octanol–water partition coefficient (Wildman–Crippen LogP) is 4.27. The van der Waals surface area contributed by atoms with E-state index in [1.165, 1.54) is 34.3 Å². The summed E-state index contributed by atoms with van der Waals surface area (Å²) in [6, 6.07) is 7.85. The summed E-state index contributed by atoms with van der Waals surface area (Å²) < 4.78 is 46.8. The zero-order valence-electron chi connectivity index (χ0n) is 18.5. The van der Waals surface area contributed by atoms with E-state index in [9.17, 15) is 12.8 Å². The highest BCUT2D eigenvalue weighted by Crippen LogP contribution is 2.43. The molecule has 33 heavy (non-hydrogen) atoms. The van der Waals surface area contributed by atoms with Gasteiger partial charge in [0.05, 0.1) is 11.2 Å². The molecule has 0 radical (unpaired) electrons. The van der Waals surface area contributed by atoms with Crippen molar-refractivity contribution in [2.24, 2.45) is 0 Å². The Morgan fingerprint density at radius 1 is 1.27 bits per heavy atom. The Morgan fingerprint density at radius 2 is 2.12 bits per heavy atom. The van der Waals surface area contributed by atoms with E-state index in [-0.39, 0.29) is 6.04 Å². The van der Waals surface area contributed by atoms with Crippen LogP contribution in [0.1, 0.15) is 31.0 Å². The van der Waals surface area contributed by atoms with E-state index in [0.29, 0.717) is 37.4 Å². The normalized spacial score (nSPS) is 24.6. The minimum absolute atomic E-state index is 0.0629. The van der Waals surface area contributed by atoms with Crippen LogP contribution in [-0.2, 0) is 16.6 Å². The fourth-order valence-electron chi connectivity index (χ4n) is 4.96. The zero-order chi connectivity index (χ0) is 23.2. The van der Waals surface area contributed by atoms with Crippen molar-refractivity contribution in [1.29, 1.82) is 0 Å². The fourth-order valence-corrected chi connectivity index (χ4v) is 6.65. The first kappa shape index (κ1) is 21.8. The second-order valence-electron chi connectivity index (χ2n) is 8.85. The molecule has 1 spiro atoms. The summed E-state index contributed by atoms with van der Waals surface area (Å²) in [6.45, 7) is 5.29. The summed E-state index contributed by atoms with van der Waals surface area (Å²) in [6.07, 6.45) is 7.93. The molecule has 2 aliphatic rings. The predicted molar refractivity (Wildman–Crippen MR) is 123 cm³/mol. The lowest BCUT2D eigenvalue weighted by atomic mass is 9.83. The maximum Gasteiger partial charge on any atom is 0.258 e. The number of hydrogen-bond donors (Lipinski definition) is 0. The summed E-state index contributed by atoms with van der Waals surface area (Å²) in [7, 11) is -3.67. The van der Waals surface area contributed by atoms with Gasteiger partial charge in [0.2, 0.25) is 0 Å². The van der Waals surface area contributed by atoms with Crippen LogP contribution >= 0.6 is 0 Å². The molecule has 172 valence electrons. The lowest BCUT2D eigenvalue weighted by molar-refractivity contribution is 0.118. The summed E-state index contributed by atoms with van der Waals surface area (Å²) in [5.74, 6) is 0.239. The standard InChI is InChI=1S/C24H25FN4O3S/c1-17-10-19(14-26-13-17)23-22(27-16-32-23)15-28-8-6-24(12-18(28)2)7-9-33(30,31)29(24)21-5-3-4-20(25)11-21/h3-5,7,9-11,13-14,16,18H,6,8,12,15H2,1-2H3/t18-,24-/m0/s1. The molecule has 0 saturated carbocycles. The Hall–Kier alpha value is -3.04. The average molecular weight is 469 g/mol. The fraction of sp³-hybridized carbons (Fsp3) is 0.333. The van der Waals surface area contributed by atoms with Crippen LogP contribution in [0.2, 0.25) is 0 Å². The number of aromatic nitrogens is 2. The number of halogens is 1. The smallest absolute Gasteiger partial charge is 0.258 e. The monoisotopic (exact) mass is 468 g/mol.